The van der Waals surface area contributed by atoms with E-state index in [1.54, 1.807) is 0 Å². The zero-order valence-corrected chi connectivity index (χ0v) is 12.2. The molecule has 4 heteroatoms. The maximum absolute atomic E-state index is 12.1. The average molecular weight is 270 g/mol. The SMILES string of the molecule is CC(NC1CCCSC1)C(=O)NC1CCCCC1. The number of hydrogen-bond acceptors (Lipinski definition) is 3. The van der Waals surface area contributed by atoms with E-state index in [1.807, 2.05) is 18.7 Å². The smallest absolute Gasteiger partial charge is 0.237 e. The van der Waals surface area contributed by atoms with Crippen molar-refractivity contribution in [2.45, 2.75) is 70.0 Å². The third kappa shape index (κ3) is 4.47. The molecule has 0 aromatic heterocycles. The van der Waals surface area contributed by atoms with Crippen molar-refractivity contribution in [3.63, 3.8) is 0 Å². The highest BCUT2D eigenvalue weighted by molar-refractivity contribution is 7.99. The molecule has 2 fully saturated rings. The van der Waals surface area contributed by atoms with Gasteiger partial charge in [-0.05, 0) is 38.4 Å². The summed E-state index contributed by atoms with van der Waals surface area (Å²) < 4.78 is 0. The minimum absolute atomic E-state index is 0.0457. The van der Waals surface area contributed by atoms with E-state index in [1.165, 1.54) is 37.9 Å². The summed E-state index contributed by atoms with van der Waals surface area (Å²) in [6.45, 7) is 2.00. The Morgan fingerprint density at radius 2 is 1.83 bits per heavy atom. The van der Waals surface area contributed by atoms with Gasteiger partial charge in [-0.2, -0.15) is 11.8 Å². The van der Waals surface area contributed by atoms with Crippen LogP contribution in [0.2, 0.25) is 0 Å². The molecule has 0 spiro atoms. The van der Waals surface area contributed by atoms with Gasteiger partial charge in [0.1, 0.15) is 0 Å². The van der Waals surface area contributed by atoms with E-state index in [0.717, 1.165) is 18.6 Å². The number of rotatable bonds is 4. The van der Waals surface area contributed by atoms with E-state index in [2.05, 4.69) is 10.6 Å². The molecule has 2 aliphatic rings. The van der Waals surface area contributed by atoms with Gasteiger partial charge in [0, 0.05) is 17.8 Å². The molecule has 1 saturated heterocycles. The van der Waals surface area contributed by atoms with Crippen LogP contribution in [0.1, 0.15) is 51.9 Å². The predicted molar refractivity (Wildman–Crippen MR) is 78.0 cm³/mol. The molecular weight excluding hydrogens is 244 g/mol. The molecule has 0 radical (unpaired) electrons. The normalized spacial score (nSPS) is 27.7. The van der Waals surface area contributed by atoms with Crippen molar-refractivity contribution in [3.05, 3.63) is 0 Å². The van der Waals surface area contributed by atoms with Crippen LogP contribution in [-0.4, -0.2) is 35.5 Å². The molecule has 0 bridgehead atoms. The molecule has 2 rings (SSSR count). The third-order valence-electron chi connectivity index (χ3n) is 3.99. The van der Waals surface area contributed by atoms with Crippen molar-refractivity contribution in [1.29, 1.82) is 0 Å². The molecule has 1 aliphatic carbocycles. The number of carbonyl (C=O) groups is 1. The first kappa shape index (κ1) is 14.2. The highest BCUT2D eigenvalue weighted by atomic mass is 32.2. The number of carbonyl (C=O) groups excluding carboxylic acids is 1. The number of amides is 1. The second kappa shape index (κ2) is 7.39. The van der Waals surface area contributed by atoms with Gasteiger partial charge in [-0.3, -0.25) is 4.79 Å². The Labute approximate surface area is 115 Å². The fraction of sp³-hybridized carbons (Fsp3) is 0.929. The molecular formula is C14H26N2OS. The largest absolute Gasteiger partial charge is 0.352 e. The summed E-state index contributed by atoms with van der Waals surface area (Å²) >= 11 is 2.00. The Bertz CT molecular complexity index is 261. The monoisotopic (exact) mass is 270 g/mol. The van der Waals surface area contributed by atoms with Crippen LogP contribution in [-0.2, 0) is 4.79 Å². The Kier molecular flexibility index (Phi) is 5.83. The second-order valence-corrected chi connectivity index (χ2v) is 6.80. The van der Waals surface area contributed by atoms with Gasteiger partial charge in [-0.25, -0.2) is 0 Å². The lowest BCUT2D eigenvalue weighted by molar-refractivity contribution is -0.123. The number of thioether (sulfide) groups is 1. The molecule has 104 valence electrons. The lowest BCUT2D eigenvalue weighted by Gasteiger charge is -2.28. The van der Waals surface area contributed by atoms with Crippen molar-refractivity contribution in [2.24, 2.45) is 0 Å². The van der Waals surface area contributed by atoms with E-state index < -0.39 is 0 Å². The van der Waals surface area contributed by atoms with E-state index in [-0.39, 0.29) is 11.9 Å². The fourth-order valence-corrected chi connectivity index (χ4v) is 3.96. The molecule has 1 aliphatic heterocycles. The fourth-order valence-electron chi connectivity index (χ4n) is 2.87. The van der Waals surface area contributed by atoms with E-state index in [9.17, 15) is 4.79 Å². The highest BCUT2D eigenvalue weighted by Crippen LogP contribution is 2.18. The van der Waals surface area contributed by atoms with Gasteiger partial charge in [0.05, 0.1) is 6.04 Å². The van der Waals surface area contributed by atoms with Crippen molar-refractivity contribution in [2.75, 3.05) is 11.5 Å². The third-order valence-corrected chi connectivity index (χ3v) is 5.21. The lowest BCUT2D eigenvalue weighted by Crippen LogP contribution is -2.50. The lowest BCUT2D eigenvalue weighted by atomic mass is 9.95. The minimum Gasteiger partial charge on any atom is -0.352 e. The van der Waals surface area contributed by atoms with E-state index in [4.69, 9.17) is 0 Å². The topological polar surface area (TPSA) is 41.1 Å². The van der Waals surface area contributed by atoms with Crippen molar-refractivity contribution in [3.8, 4) is 0 Å². The van der Waals surface area contributed by atoms with Gasteiger partial charge in [0.15, 0.2) is 0 Å². The summed E-state index contributed by atoms with van der Waals surface area (Å²) in [5, 5.41) is 6.68. The van der Waals surface area contributed by atoms with Crippen LogP contribution < -0.4 is 10.6 Å². The van der Waals surface area contributed by atoms with Crippen LogP contribution >= 0.6 is 11.8 Å². The second-order valence-electron chi connectivity index (χ2n) is 5.65. The summed E-state index contributed by atoms with van der Waals surface area (Å²) in [5.74, 6) is 2.62. The van der Waals surface area contributed by atoms with Gasteiger partial charge in [-0.15, -0.1) is 0 Å². The maximum Gasteiger partial charge on any atom is 0.237 e. The van der Waals surface area contributed by atoms with Crippen LogP contribution in [0.4, 0.5) is 0 Å². The zero-order chi connectivity index (χ0) is 12.8. The Morgan fingerprint density at radius 1 is 1.11 bits per heavy atom. The molecule has 1 amide bonds. The van der Waals surface area contributed by atoms with Gasteiger partial charge in [0.2, 0.25) is 5.91 Å². The summed E-state index contributed by atoms with van der Waals surface area (Å²) in [6, 6.07) is 0.905. The Hall–Kier alpha value is -0.220. The van der Waals surface area contributed by atoms with Crippen molar-refractivity contribution in [1.82, 2.24) is 10.6 Å². The highest BCUT2D eigenvalue weighted by Gasteiger charge is 2.22. The first-order valence-electron chi connectivity index (χ1n) is 7.40. The molecule has 1 saturated carbocycles. The molecule has 2 atom stereocenters. The van der Waals surface area contributed by atoms with Crippen LogP contribution in [0.15, 0.2) is 0 Å². The molecule has 18 heavy (non-hydrogen) atoms. The molecule has 3 nitrogen and oxygen atoms in total. The van der Waals surface area contributed by atoms with Crippen LogP contribution in [0.5, 0.6) is 0 Å². The molecule has 0 aromatic carbocycles. The van der Waals surface area contributed by atoms with E-state index in [0.29, 0.717) is 12.1 Å². The van der Waals surface area contributed by atoms with Crippen LogP contribution in [0.25, 0.3) is 0 Å². The van der Waals surface area contributed by atoms with Gasteiger partial charge in [0.25, 0.3) is 0 Å². The first-order chi connectivity index (χ1) is 8.75. The predicted octanol–water partition coefficient (Wildman–Crippen LogP) is 2.31. The molecule has 2 N–H and O–H groups in total. The molecule has 2 unspecified atom stereocenters. The molecule has 0 aromatic rings. The van der Waals surface area contributed by atoms with Crippen molar-refractivity contribution < 1.29 is 4.79 Å². The minimum atomic E-state index is -0.0457. The van der Waals surface area contributed by atoms with E-state index >= 15 is 0 Å². The maximum atomic E-state index is 12.1. The van der Waals surface area contributed by atoms with Crippen molar-refractivity contribution >= 4 is 17.7 Å². The average Bonchev–Trinajstić information content (AvgIpc) is 2.41. The van der Waals surface area contributed by atoms with Gasteiger partial charge >= 0.3 is 0 Å². The first-order valence-corrected chi connectivity index (χ1v) is 8.55. The summed E-state index contributed by atoms with van der Waals surface area (Å²) in [6.07, 6.45) is 8.69. The summed E-state index contributed by atoms with van der Waals surface area (Å²) in [5.41, 5.74) is 0. The molecule has 1 heterocycles. The zero-order valence-electron chi connectivity index (χ0n) is 11.4. The van der Waals surface area contributed by atoms with Gasteiger partial charge in [-0.1, -0.05) is 19.3 Å². The number of nitrogens with one attached hydrogen (secondary N) is 2. The Morgan fingerprint density at radius 3 is 2.50 bits per heavy atom. The van der Waals surface area contributed by atoms with Crippen LogP contribution in [0, 0.1) is 0 Å². The number of hydrogen-bond donors (Lipinski definition) is 2. The Balaban J connectivity index is 1.69. The quantitative estimate of drug-likeness (QED) is 0.823. The van der Waals surface area contributed by atoms with Crippen LogP contribution in [0.3, 0.4) is 0 Å². The summed E-state index contributed by atoms with van der Waals surface area (Å²) in [4.78, 5) is 12.1. The summed E-state index contributed by atoms with van der Waals surface area (Å²) in [7, 11) is 0. The standard InChI is InChI=1S/C14H26N2OS/c1-11(15-13-8-5-9-18-10-13)14(17)16-12-6-3-2-4-7-12/h11-13,15H,2-10H2,1H3,(H,16,17). The van der Waals surface area contributed by atoms with Gasteiger partial charge < -0.3 is 10.6 Å².